The number of nitrogens with one attached hydrogen (secondary N) is 1. The second kappa shape index (κ2) is 7.50. The van der Waals surface area contributed by atoms with E-state index < -0.39 is 11.9 Å². The number of aromatic nitrogens is 1. The Bertz CT molecular complexity index is 790. The van der Waals surface area contributed by atoms with Crippen LogP contribution in [-0.2, 0) is 6.42 Å². The molecule has 0 amide bonds. The van der Waals surface area contributed by atoms with Gasteiger partial charge in [-0.3, -0.25) is 0 Å². The van der Waals surface area contributed by atoms with E-state index in [1.807, 2.05) is 6.92 Å². The van der Waals surface area contributed by atoms with Crippen molar-refractivity contribution in [1.29, 1.82) is 0 Å². The van der Waals surface area contributed by atoms with Gasteiger partial charge in [0, 0.05) is 6.07 Å². The van der Waals surface area contributed by atoms with Gasteiger partial charge in [0.25, 0.3) is 0 Å². The number of carboxylic acid groups (broad SMARTS) is 2. The summed E-state index contributed by atoms with van der Waals surface area (Å²) in [5.41, 5.74) is 0.820. The predicted molar refractivity (Wildman–Crippen MR) is 91.3 cm³/mol. The van der Waals surface area contributed by atoms with Crippen molar-refractivity contribution in [2.45, 2.75) is 19.8 Å². The summed E-state index contributed by atoms with van der Waals surface area (Å²) in [4.78, 5) is 26.9. The molecule has 0 spiro atoms. The predicted octanol–water partition coefficient (Wildman–Crippen LogP) is 3.90. The van der Waals surface area contributed by atoms with Gasteiger partial charge >= 0.3 is 11.9 Å². The summed E-state index contributed by atoms with van der Waals surface area (Å²) >= 11 is 7.10. The highest BCUT2D eigenvalue weighted by Gasteiger charge is 2.19. The highest BCUT2D eigenvalue weighted by molar-refractivity contribution is 7.17. The van der Waals surface area contributed by atoms with Crippen molar-refractivity contribution < 1.29 is 24.5 Å². The Balaban J connectivity index is 2.39. The minimum atomic E-state index is -1.16. The van der Waals surface area contributed by atoms with Gasteiger partial charge in [-0.1, -0.05) is 36.3 Å². The molecule has 0 radical (unpaired) electrons. The van der Waals surface area contributed by atoms with Crippen molar-refractivity contribution >= 4 is 45.7 Å². The number of hydrogen-bond acceptors (Lipinski definition) is 6. The summed E-state index contributed by atoms with van der Waals surface area (Å²) < 4.78 is 5.06. The third-order valence-corrected chi connectivity index (χ3v) is 4.45. The van der Waals surface area contributed by atoms with Crippen LogP contribution < -0.4 is 10.1 Å². The minimum Gasteiger partial charge on any atom is -0.496 e. The van der Waals surface area contributed by atoms with Crippen LogP contribution in [0.2, 0.25) is 5.02 Å². The number of nitrogens with zero attached hydrogens (tertiary/aromatic N) is 1. The average Bonchev–Trinajstić information content (AvgIpc) is 2.92. The summed E-state index contributed by atoms with van der Waals surface area (Å²) in [7, 11) is 1.35. The first-order valence-electron chi connectivity index (χ1n) is 6.98. The molecule has 0 saturated heterocycles. The zero-order chi connectivity index (χ0) is 17.9. The van der Waals surface area contributed by atoms with Crippen molar-refractivity contribution in [1.82, 2.24) is 4.98 Å². The van der Waals surface area contributed by atoms with Crippen LogP contribution >= 0.6 is 22.9 Å². The number of aromatic carboxylic acids is 2. The van der Waals surface area contributed by atoms with Crippen LogP contribution in [0, 0.1) is 0 Å². The fraction of sp³-hybridized carbons (Fsp3) is 0.267. The third kappa shape index (κ3) is 3.77. The monoisotopic (exact) mass is 370 g/mol. The maximum atomic E-state index is 11.3. The maximum absolute atomic E-state index is 11.3. The van der Waals surface area contributed by atoms with Crippen LogP contribution in [-0.4, -0.2) is 34.2 Å². The molecule has 2 rings (SSSR count). The maximum Gasteiger partial charge on any atom is 0.347 e. The lowest BCUT2D eigenvalue weighted by Gasteiger charge is -2.10. The van der Waals surface area contributed by atoms with Crippen molar-refractivity contribution in [3.63, 3.8) is 0 Å². The molecule has 128 valence electrons. The van der Waals surface area contributed by atoms with Gasteiger partial charge in [-0.2, -0.15) is 0 Å². The fourth-order valence-electron chi connectivity index (χ4n) is 2.08. The Morgan fingerprint density at radius 3 is 2.58 bits per heavy atom. The van der Waals surface area contributed by atoms with Gasteiger partial charge in [-0.25, -0.2) is 14.6 Å². The molecule has 1 aromatic heterocycles. The van der Waals surface area contributed by atoms with Gasteiger partial charge in [-0.15, -0.1) is 0 Å². The summed E-state index contributed by atoms with van der Waals surface area (Å²) in [5.74, 6) is -2.06. The number of methoxy groups -OCH3 is 1. The molecular formula is C15H15ClN2O5S. The Labute approximate surface area is 146 Å². The van der Waals surface area contributed by atoms with E-state index in [0.29, 0.717) is 22.9 Å². The second-order valence-electron chi connectivity index (χ2n) is 4.81. The normalized spacial score (nSPS) is 10.5. The SMILES string of the molecule is CCCc1nc(Nc2cc(OC)c(C(=O)O)cc2Cl)sc1C(=O)O. The molecular weight excluding hydrogens is 356 g/mol. The molecule has 9 heteroatoms. The standard InChI is InChI=1S/C15H15ClN2O5S/c1-3-4-9-12(14(21)22)24-15(17-9)18-10-6-11(23-2)7(13(19)20)5-8(10)16/h5-6H,3-4H2,1-2H3,(H,17,18)(H,19,20)(H,21,22). The highest BCUT2D eigenvalue weighted by Crippen LogP contribution is 2.35. The molecule has 0 aliphatic rings. The molecule has 1 heterocycles. The van der Waals surface area contributed by atoms with Crippen molar-refractivity contribution in [3.8, 4) is 5.75 Å². The van der Waals surface area contributed by atoms with Crippen LogP contribution in [0.25, 0.3) is 0 Å². The zero-order valence-electron chi connectivity index (χ0n) is 12.9. The number of halogens is 1. The van der Waals surface area contributed by atoms with Gasteiger partial charge in [0.2, 0.25) is 0 Å². The summed E-state index contributed by atoms with van der Waals surface area (Å²) in [6.07, 6.45) is 1.32. The Kier molecular flexibility index (Phi) is 5.63. The topological polar surface area (TPSA) is 109 Å². The molecule has 0 saturated carbocycles. The van der Waals surface area contributed by atoms with Gasteiger partial charge in [0.1, 0.15) is 16.2 Å². The Morgan fingerprint density at radius 1 is 1.33 bits per heavy atom. The van der Waals surface area contributed by atoms with Crippen LogP contribution in [0.4, 0.5) is 10.8 Å². The summed E-state index contributed by atoms with van der Waals surface area (Å²) in [6, 6.07) is 2.71. The van der Waals surface area contributed by atoms with Crippen molar-refractivity contribution in [3.05, 3.63) is 33.3 Å². The Hall–Kier alpha value is -2.32. The fourth-order valence-corrected chi connectivity index (χ4v) is 3.15. The first-order chi connectivity index (χ1) is 11.4. The lowest BCUT2D eigenvalue weighted by Crippen LogP contribution is -2.02. The van der Waals surface area contributed by atoms with Crippen molar-refractivity contribution in [2.75, 3.05) is 12.4 Å². The number of rotatable bonds is 7. The van der Waals surface area contributed by atoms with E-state index >= 15 is 0 Å². The van der Waals surface area contributed by atoms with E-state index in [1.165, 1.54) is 19.2 Å². The molecule has 0 unspecified atom stereocenters. The smallest absolute Gasteiger partial charge is 0.347 e. The van der Waals surface area contributed by atoms with E-state index in [9.17, 15) is 14.7 Å². The van der Waals surface area contributed by atoms with Gasteiger partial charge in [0.15, 0.2) is 5.13 Å². The molecule has 7 nitrogen and oxygen atoms in total. The molecule has 0 fully saturated rings. The van der Waals surface area contributed by atoms with E-state index in [1.54, 1.807) is 0 Å². The number of anilines is 2. The van der Waals surface area contributed by atoms with Crippen LogP contribution in [0.1, 0.15) is 39.1 Å². The van der Waals surface area contributed by atoms with Crippen molar-refractivity contribution in [2.24, 2.45) is 0 Å². The summed E-state index contributed by atoms with van der Waals surface area (Å²) in [5, 5.41) is 21.8. The largest absolute Gasteiger partial charge is 0.496 e. The quantitative estimate of drug-likeness (QED) is 0.678. The van der Waals surface area contributed by atoms with Gasteiger partial charge in [0.05, 0.1) is 23.5 Å². The van der Waals surface area contributed by atoms with E-state index in [2.05, 4.69) is 10.3 Å². The third-order valence-electron chi connectivity index (χ3n) is 3.14. The number of thiazole rings is 1. The molecule has 1 aromatic carbocycles. The Morgan fingerprint density at radius 2 is 2.04 bits per heavy atom. The number of carboxylic acids is 2. The second-order valence-corrected chi connectivity index (χ2v) is 6.22. The molecule has 0 atom stereocenters. The molecule has 3 N–H and O–H groups in total. The number of hydrogen-bond donors (Lipinski definition) is 3. The first kappa shape index (κ1) is 18.0. The molecule has 0 aliphatic carbocycles. The number of benzene rings is 1. The number of carbonyl (C=O) groups is 2. The zero-order valence-corrected chi connectivity index (χ0v) is 14.5. The van der Waals surface area contributed by atoms with Crippen LogP contribution in [0.5, 0.6) is 5.75 Å². The lowest BCUT2D eigenvalue weighted by atomic mass is 10.2. The van der Waals surface area contributed by atoms with E-state index in [0.717, 1.165) is 17.8 Å². The number of ether oxygens (including phenoxy) is 1. The molecule has 0 bridgehead atoms. The molecule has 0 aliphatic heterocycles. The van der Waals surface area contributed by atoms with E-state index in [4.69, 9.17) is 21.4 Å². The van der Waals surface area contributed by atoms with Gasteiger partial charge in [-0.05, 0) is 12.5 Å². The number of aryl methyl sites for hydroxylation is 1. The molecule has 24 heavy (non-hydrogen) atoms. The van der Waals surface area contributed by atoms with E-state index in [-0.39, 0.29) is 21.2 Å². The molecule has 2 aromatic rings. The highest BCUT2D eigenvalue weighted by atomic mass is 35.5. The minimum absolute atomic E-state index is 0.0647. The lowest BCUT2D eigenvalue weighted by molar-refractivity contribution is 0.0685. The van der Waals surface area contributed by atoms with Crippen LogP contribution in [0.15, 0.2) is 12.1 Å². The van der Waals surface area contributed by atoms with Crippen LogP contribution in [0.3, 0.4) is 0 Å². The average molecular weight is 371 g/mol. The van der Waals surface area contributed by atoms with Gasteiger partial charge < -0.3 is 20.3 Å². The summed E-state index contributed by atoms with van der Waals surface area (Å²) in [6.45, 7) is 1.93. The first-order valence-corrected chi connectivity index (χ1v) is 8.17.